The predicted octanol–water partition coefficient (Wildman–Crippen LogP) is 1.66. The van der Waals surface area contributed by atoms with Crippen molar-refractivity contribution in [1.82, 2.24) is 4.98 Å². The minimum atomic E-state index is 0.448. The fraction of sp³-hybridized carbons (Fsp3) is 0.500. The summed E-state index contributed by atoms with van der Waals surface area (Å²) in [5.41, 5.74) is 5.70. The molecular weight excluding hydrogens is 198 g/mol. The van der Waals surface area contributed by atoms with Crippen LogP contribution < -0.4 is 10.6 Å². The van der Waals surface area contributed by atoms with Crippen molar-refractivity contribution < 1.29 is 0 Å². The number of halogens is 1. The van der Waals surface area contributed by atoms with Gasteiger partial charge in [-0.15, -0.1) is 0 Å². The molecule has 2 rings (SSSR count). The van der Waals surface area contributed by atoms with Crippen LogP contribution in [0.15, 0.2) is 18.3 Å². The average molecular weight is 212 g/mol. The Bertz CT molecular complexity index is 299. The molecule has 0 spiro atoms. The highest BCUT2D eigenvalue weighted by Crippen LogP contribution is 2.23. The summed E-state index contributed by atoms with van der Waals surface area (Å²) in [5.74, 6) is 0.988. The van der Waals surface area contributed by atoms with Gasteiger partial charge in [0.2, 0.25) is 0 Å². The summed E-state index contributed by atoms with van der Waals surface area (Å²) in [6.07, 6.45) is 4.05. The molecule has 76 valence electrons. The van der Waals surface area contributed by atoms with E-state index in [1.54, 1.807) is 6.20 Å². The lowest BCUT2D eigenvalue weighted by atomic mass is 10.2. The zero-order valence-corrected chi connectivity index (χ0v) is 8.74. The first-order valence-corrected chi connectivity index (χ1v) is 5.27. The molecule has 0 aromatic carbocycles. The first-order chi connectivity index (χ1) is 6.81. The van der Waals surface area contributed by atoms with Gasteiger partial charge in [0.05, 0.1) is 5.02 Å². The predicted molar refractivity (Wildman–Crippen MR) is 58.7 cm³/mol. The monoisotopic (exact) mass is 211 g/mol. The van der Waals surface area contributed by atoms with Crippen molar-refractivity contribution in [2.45, 2.75) is 18.9 Å². The van der Waals surface area contributed by atoms with Crippen LogP contribution in [-0.4, -0.2) is 24.1 Å². The summed E-state index contributed by atoms with van der Waals surface area (Å²) in [6.45, 7) is 1.75. The Labute approximate surface area is 88.9 Å². The van der Waals surface area contributed by atoms with Crippen molar-refractivity contribution in [2.24, 2.45) is 5.73 Å². The van der Waals surface area contributed by atoms with Crippen LogP contribution in [0.4, 0.5) is 5.82 Å². The summed E-state index contributed by atoms with van der Waals surface area (Å²) < 4.78 is 0. The molecule has 0 unspecified atom stereocenters. The van der Waals surface area contributed by atoms with Gasteiger partial charge in [0, 0.05) is 25.3 Å². The lowest BCUT2D eigenvalue weighted by Gasteiger charge is -2.24. The highest BCUT2D eigenvalue weighted by molar-refractivity contribution is 6.30. The third-order valence-corrected chi connectivity index (χ3v) is 2.88. The van der Waals surface area contributed by atoms with Crippen molar-refractivity contribution >= 4 is 17.4 Å². The molecule has 1 aliphatic heterocycles. The quantitative estimate of drug-likeness (QED) is 0.809. The van der Waals surface area contributed by atoms with E-state index in [1.165, 1.54) is 12.8 Å². The summed E-state index contributed by atoms with van der Waals surface area (Å²) in [7, 11) is 0. The minimum absolute atomic E-state index is 0.448. The third kappa shape index (κ3) is 1.83. The maximum atomic E-state index is 5.78. The summed E-state index contributed by atoms with van der Waals surface area (Å²) in [4.78, 5) is 6.56. The van der Waals surface area contributed by atoms with Crippen molar-refractivity contribution in [1.29, 1.82) is 0 Å². The number of rotatable bonds is 2. The van der Waals surface area contributed by atoms with E-state index in [0.717, 1.165) is 12.4 Å². The van der Waals surface area contributed by atoms with Crippen LogP contribution in [-0.2, 0) is 0 Å². The second-order valence-corrected chi connectivity index (χ2v) is 4.00. The molecule has 1 saturated heterocycles. The number of nitrogens with zero attached hydrogens (tertiary/aromatic N) is 2. The zero-order valence-electron chi connectivity index (χ0n) is 7.99. The number of hydrogen-bond donors (Lipinski definition) is 1. The van der Waals surface area contributed by atoms with Gasteiger partial charge in [-0.1, -0.05) is 11.6 Å². The Morgan fingerprint density at radius 3 is 3.07 bits per heavy atom. The van der Waals surface area contributed by atoms with Crippen molar-refractivity contribution in [3.63, 3.8) is 0 Å². The van der Waals surface area contributed by atoms with Gasteiger partial charge >= 0.3 is 0 Å². The molecule has 1 aromatic rings. The van der Waals surface area contributed by atoms with E-state index in [1.807, 2.05) is 12.1 Å². The van der Waals surface area contributed by atoms with Gasteiger partial charge in [0.15, 0.2) is 0 Å². The smallest absolute Gasteiger partial charge is 0.128 e. The molecule has 0 aliphatic carbocycles. The van der Waals surface area contributed by atoms with Gasteiger partial charge in [0.25, 0.3) is 0 Å². The molecule has 14 heavy (non-hydrogen) atoms. The Morgan fingerprint density at radius 2 is 2.43 bits per heavy atom. The molecule has 4 heteroatoms. The van der Waals surface area contributed by atoms with Crippen LogP contribution >= 0.6 is 11.6 Å². The Balaban J connectivity index is 2.17. The largest absolute Gasteiger partial charge is 0.352 e. The topological polar surface area (TPSA) is 42.1 Å². The summed E-state index contributed by atoms with van der Waals surface area (Å²) >= 11 is 5.78. The van der Waals surface area contributed by atoms with E-state index in [-0.39, 0.29) is 0 Å². The van der Waals surface area contributed by atoms with E-state index in [0.29, 0.717) is 17.6 Å². The highest BCUT2D eigenvalue weighted by Gasteiger charge is 2.23. The number of nitrogens with two attached hydrogens (primary N) is 1. The number of anilines is 1. The van der Waals surface area contributed by atoms with Crippen molar-refractivity contribution in [2.75, 3.05) is 18.0 Å². The van der Waals surface area contributed by atoms with Crippen LogP contribution in [0.1, 0.15) is 12.8 Å². The van der Waals surface area contributed by atoms with E-state index in [2.05, 4.69) is 9.88 Å². The fourth-order valence-corrected chi connectivity index (χ4v) is 2.03. The molecule has 1 fully saturated rings. The molecule has 1 atom stereocenters. The van der Waals surface area contributed by atoms with Gasteiger partial charge in [-0.2, -0.15) is 0 Å². The van der Waals surface area contributed by atoms with Crippen LogP contribution in [0.2, 0.25) is 5.02 Å². The molecule has 2 N–H and O–H groups in total. The number of aromatic nitrogens is 1. The normalized spacial score (nSPS) is 21.6. The zero-order chi connectivity index (χ0) is 9.97. The van der Waals surface area contributed by atoms with Gasteiger partial charge in [-0.3, -0.25) is 0 Å². The Kier molecular flexibility index (Phi) is 2.89. The molecule has 1 aromatic heterocycles. The molecule has 0 saturated carbocycles. The fourth-order valence-electron chi connectivity index (χ4n) is 1.92. The van der Waals surface area contributed by atoms with Crippen LogP contribution in [0.25, 0.3) is 0 Å². The van der Waals surface area contributed by atoms with Crippen molar-refractivity contribution in [3.8, 4) is 0 Å². The van der Waals surface area contributed by atoms with Gasteiger partial charge in [0.1, 0.15) is 5.82 Å². The second-order valence-electron chi connectivity index (χ2n) is 3.56. The SMILES string of the molecule is NC[C@H]1CCCN1c1ccc(Cl)cn1. The standard InChI is InChI=1S/C10H14ClN3/c11-8-3-4-10(13-7-8)14-5-1-2-9(14)6-12/h3-4,7,9H,1-2,5-6,12H2/t9-/m1/s1. The molecule has 0 amide bonds. The molecule has 0 bridgehead atoms. The third-order valence-electron chi connectivity index (χ3n) is 2.66. The first-order valence-electron chi connectivity index (χ1n) is 4.89. The molecular formula is C10H14ClN3. The van der Waals surface area contributed by atoms with Crippen molar-refractivity contribution in [3.05, 3.63) is 23.4 Å². The maximum absolute atomic E-state index is 5.78. The average Bonchev–Trinajstić information content (AvgIpc) is 2.67. The van der Waals surface area contributed by atoms with Crippen LogP contribution in [0, 0.1) is 0 Å². The van der Waals surface area contributed by atoms with Crippen LogP contribution in [0.5, 0.6) is 0 Å². The molecule has 0 radical (unpaired) electrons. The second kappa shape index (κ2) is 4.15. The lowest BCUT2D eigenvalue weighted by Crippen LogP contribution is -2.35. The van der Waals surface area contributed by atoms with Gasteiger partial charge < -0.3 is 10.6 Å². The van der Waals surface area contributed by atoms with Gasteiger partial charge in [-0.05, 0) is 25.0 Å². The number of hydrogen-bond acceptors (Lipinski definition) is 3. The van der Waals surface area contributed by atoms with E-state index in [9.17, 15) is 0 Å². The summed E-state index contributed by atoms with van der Waals surface area (Å²) in [5, 5.41) is 0.678. The highest BCUT2D eigenvalue weighted by atomic mass is 35.5. The minimum Gasteiger partial charge on any atom is -0.352 e. The Hall–Kier alpha value is -0.800. The van der Waals surface area contributed by atoms with E-state index < -0.39 is 0 Å². The van der Waals surface area contributed by atoms with E-state index >= 15 is 0 Å². The van der Waals surface area contributed by atoms with Gasteiger partial charge in [-0.25, -0.2) is 4.98 Å². The summed E-state index contributed by atoms with van der Waals surface area (Å²) in [6, 6.07) is 4.27. The van der Waals surface area contributed by atoms with Crippen LogP contribution in [0.3, 0.4) is 0 Å². The Morgan fingerprint density at radius 1 is 1.57 bits per heavy atom. The molecule has 2 heterocycles. The van der Waals surface area contributed by atoms with E-state index in [4.69, 9.17) is 17.3 Å². The lowest BCUT2D eigenvalue weighted by molar-refractivity contribution is 0.671. The molecule has 1 aliphatic rings. The first kappa shape index (κ1) is 9.74. The molecule has 3 nitrogen and oxygen atoms in total. The maximum Gasteiger partial charge on any atom is 0.128 e. The number of pyridine rings is 1.